The molecule has 8 amide bonds. The van der Waals surface area contributed by atoms with Crippen molar-refractivity contribution in [3.8, 4) is 23.0 Å². The number of nitrogens with two attached hydrogens (primary N) is 6. The van der Waals surface area contributed by atoms with Crippen LogP contribution in [-0.2, 0) is 24.0 Å². The van der Waals surface area contributed by atoms with Gasteiger partial charge in [-0.25, -0.2) is 4.79 Å². The number of hydrogen-bond donors (Lipinski definition) is 20. The smallest absolute Gasteiger partial charge is 0.341 e. The van der Waals surface area contributed by atoms with Gasteiger partial charge in [-0.05, 0) is 131 Å². The van der Waals surface area contributed by atoms with Crippen molar-refractivity contribution in [2.75, 3.05) is 75.4 Å². The zero-order valence-corrected chi connectivity index (χ0v) is 49.1. The number of carboxylic acids is 1. The van der Waals surface area contributed by atoms with E-state index in [0.717, 1.165) is 6.07 Å². The Balaban J connectivity index is 1.56. The van der Waals surface area contributed by atoms with Crippen LogP contribution >= 0.6 is 0 Å². The van der Waals surface area contributed by atoms with Crippen LogP contribution in [0.25, 0.3) is 0 Å². The number of carboxylic acid groups (broad SMARTS) is 1. The van der Waals surface area contributed by atoms with Crippen LogP contribution in [0.2, 0.25) is 0 Å². The van der Waals surface area contributed by atoms with Gasteiger partial charge in [-0.3, -0.25) is 54.6 Å². The van der Waals surface area contributed by atoms with Gasteiger partial charge in [0.25, 0.3) is 23.6 Å². The molecule has 0 aliphatic rings. The molecule has 0 saturated carbocycles. The number of methoxy groups -OCH3 is 3. The van der Waals surface area contributed by atoms with E-state index in [4.69, 9.17) is 74.7 Å². The minimum absolute atomic E-state index is 0.00102. The van der Waals surface area contributed by atoms with Gasteiger partial charge in [0.05, 0.1) is 49.6 Å². The van der Waals surface area contributed by atoms with E-state index in [1.165, 1.54) is 88.1 Å². The fraction of sp³-hybridized carbons (Fsp3) is 0.357. The number of anilines is 4. The molecule has 4 atom stereocenters. The van der Waals surface area contributed by atoms with Gasteiger partial charge in [-0.15, -0.1) is 0 Å². The van der Waals surface area contributed by atoms with Crippen LogP contribution in [0.3, 0.4) is 0 Å². The second kappa shape index (κ2) is 35.5. The van der Waals surface area contributed by atoms with Crippen molar-refractivity contribution in [1.82, 2.24) is 31.9 Å². The number of rotatable bonds is 36. The highest BCUT2D eigenvalue weighted by molar-refractivity contribution is 6.08. The van der Waals surface area contributed by atoms with Crippen LogP contribution < -0.4 is 107 Å². The number of benzene rings is 4. The Bertz CT molecular complexity index is 3240. The first-order valence-electron chi connectivity index (χ1n) is 27.6. The van der Waals surface area contributed by atoms with E-state index in [2.05, 4.69) is 53.2 Å². The van der Waals surface area contributed by atoms with Gasteiger partial charge >= 0.3 is 5.97 Å². The van der Waals surface area contributed by atoms with Gasteiger partial charge in [0, 0.05) is 42.4 Å². The number of carbonyl (C=O) groups excluding carboxylic acids is 8. The zero-order valence-electron chi connectivity index (χ0n) is 49.1. The summed E-state index contributed by atoms with van der Waals surface area (Å²) in [5.41, 5.74) is 33.4. The predicted octanol–water partition coefficient (Wildman–Crippen LogP) is -0.719. The lowest BCUT2D eigenvalue weighted by atomic mass is 10.1. The van der Waals surface area contributed by atoms with Gasteiger partial charge in [0.2, 0.25) is 23.6 Å². The number of hydrogen-bond acceptors (Lipinski definition) is 18. The number of aliphatic carboxylic acids is 1. The van der Waals surface area contributed by atoms with Gasteiger partial charge in [-0.2, -0.15) is 0 Å². The molecule has 0 aromatic heterocycles. The first kappa shape index (κ1) is 70.5. The second-order valence-corrected chi connectivity index (χ2v) is 19.5. The molecule has 33 nitrogen and oxygen atoms in total. The van der Waals surface area contributed by atoms with Crippen molar-refractivity contribution in [1.29, 1.82) is 16.2 Å². The maximum Gasteiger partial charge on any atom is 0.341 e. The molecule has 480 valence electrons. The van der Waals surface area contributed by atoms with Crippen LogP contribution in [0.15, 0.2) is 72.8 Å². The summed E-state index contributed by atoms with van der Waals surface area (Å²) in [6.07, 6.45) is 1.33. The predicted molar refractivity (Wildman–Crippen MR) is 329 cm³/mol. The molecule has 89 heavy (non-hydrogen) atoms. The average Bonchev–Trinajstić information content (AvgIpc) is 2.76. The fourth-order valence-corrected chi connectivity index (χ4v) is 8.45. The Hall–Kier alpha value is -11.0. The van der Waals surface area contributed by atoms with E-state index in [-0.39, 0.29) is 150 Å². The summed E-state index contributed by atoms with van der Waals surface area (Å²) in [6, 6.07) is 11.4. The first-order valence-corrected chi connectivity index (χ1v) is 27.6. The van der Waals surface area contributed by atoms with Crippen molar-refractivity contribution in [3.05, 3.63) is 95.1 Å². The molecule has 33 heteroatoms. The van der Waals surface area contributed by atoms with Gasteiger partial charge in [0.1, 0.15) is 41.1 Å². The topological polar surface area (TPSA) is 559 Å². The van der Waals surface area contributed by atoms with Gasteiger partial charge < -0.3 is 112 Å². The van der Waals surface area contributed by atoms with Crippen molar-refractivity contribution in [3.63, 3.8) is 0 Å². The second-order valence-electron chi connectivity index (χ2n) is 19.5. The molecule has 0 saturated heterocycles. The van der Waals surface area contributed by atoms with E-state index in [9.17, 15) is 43.2 Å². The van der Waals surface area contributed by atoms with E-state index in [1.54, 1.807) is 0 Å². The summed E-state index contributed by atoms with van der Waals surface area (Å²) < 4.78 is 21.6. The van der Waals surface area contributed by atoms with Crippen molar-refractivity contribution >= 4 is 93.9 Å². The van der Waals surface area contributed by atoms with Gasteiger partial charge in [-0.1, -0.05) is 0 Å². The number of amides is 8. The lowest BCUT2D eigenvalue weighted by Crippen LogP contribution is -2.45. The molecular formula is C56H77N19O14. The summed E-state index contributed by atoms with van der Waals surface area (Å²) in [6.45, 7) is -0.0674. The molecule has 4 rings (SSSR count). The van der Waals surface area contributed by atoms with E-state index in [0.29, 0.717) is 13.0 Å². The molecule has 0 spiro atoms. The van der Waals surface area contributed by atoms with Crippen LogP contribution in [0.4, 0.5) is 22.7 Å². The van der Waals surface area contributed by atoms with E-state index < -0.39 is 84.0 Å². The summed E-state index contributed by atoms with van der Waals surface area (Å²) >= 11 is 0. The van der Waals surface area contributed by atoms with Crippen LogP contribution in [0, 0.1) is 16.2 Å². The van der Waals surface area contributed by atoms with E-state index in [1.807, 2.05) is 0 Å². The van der Waals surface area contributed by atoms with Crippen molar-refractivity contribution in [2.45, 2.75) is 75.5 Å². The normalized spacial score (nSPS) is 11.9. The maximum absolute atomic E-state index is 14.2. The van der Waals surface area contributed by atoms with Crippen LogP contribution in [0.1, 0.15) is 92.8 Å². The fourth-order valence-electron chi connectivity index (χ4n) is 8.45. The SMILES string of the molecule is COc1ccc(NC(=O)[C@@H](CCCNC(=N)N)NC(=O)c2cc(NC(=O)[C@H](N)CCCNC(=N)N)ccc2OC)cc1C(=O)N[C@H](CCCN)C(=O)Nc1ccc(OC)c(C(=O)N[C@H](CCCNC(=N)N)C(=O)Nc2ccc(OCC(=O)O)c(C(N)=O)c2)c1. The number of carbonyl (C=O) groups is 9. The monoisotopic (exact) mass is 1240 g/mol. The molecule has 4 aromatic rings. The summed E-state index contributed by atoms with van der Waals surface area (Å²) in [7, 11) is 3.90. The van der Waals surface area contributed by atoms with Crippen molar-refractivity contribution < 1.29 is 67.2 Å². The average molecular weight is 1240 g/mol. The molecule has 0 aliphatic carbocycles. The van der Waals surface area contributed by atoms with Crippen LogP contribution in [0.5, 0.6) is 23.0 Å². The van der Waals surface area contributed by atoms with Crippen LogP contribution in [-0.4, -0.2) is 154 Å². The molecule has 0 unspecified atom stereocenters. The Kier molecular flexibility index (Phi) is 28.1. The molecule has 26 N–H and O–H groups in total. The maximum atomic E-state index is 14.2. The molecule has 0 heterocycles. The quantitative estimate of drug-likeness (QED) is 0.0152. The lowest BCUT2D eigenvalue weighted by molar-refractivity contribution is -0.139. The minimum atomic E-state index is -1.32. The number of guanidine groups is 3. The molecule has 0 bridgehead atoms. The Morgan fingerprint density at radius 2 is 0.775 bits per heavy atom. The van der Waals surface area contributed by atoms with Gasteiger partial charge in [0.15, 0.2) is 24.5 Å². The highest BCUT2D eigenvalue weighted by Crippen LogP contribution is 2.28. The first-order chi connectivity index (χ1) is 42.4. The summed E-state index contributed by atoms with van der Waals surface area (Å²) in [5, 5.41) is 58.0. The largest absolute Gasteiger partial charge is 0.496 e. The lowest BCUT2D eigenvalue weighted by Gasteiger charge is -2.22. The summed E-state index contributed by atoms with van der Waals surface area (Å²) in [5.74, 6) is -8.46. The Labute approximate surface area is 511 Å². The molecule has 4 aromatic carbocycles. The highest BCUT2D eigenvalue weighted by atomic mass is 16.5. The van der Waals surface area contributed by atoms with Crippen molar-refractivity contribution in [2.24, 2.45) is 34.4 Å². The van der Waals surface area contributed by atoms with E-state index >= 15 is 0 Å². The standard InChI is InChI=1S/C56H77N19O14/c1-86-41-16-12-30(69-50(82)37(58)8-5-21-66-54(60)61)25-34(41)48(80)75-40(11-7-23-68-56(64)65)53(85)72-32-14-18-42(87-2)35(27-32)47(79)73-38(9-4-20-57)51(83)71-31-13-17-43(88-3)36(26-31)49(81)74-39(10-6-22-67-55(62)63)52(84)70-29-15-19-44(89-28-45(76)77)33(24-29)46(59)78/h12-19,24-27,37-40H,4-11,20-23,28,57-58H2,1-3H3,(H2,59,78)(H,69,82)(H,70,84)(H,71,83)(H,72,85)(H,73,79)(H,74,81)(H,75,80)(H,76,77)(H4,60,61,66)(H4,62,63,67)(H4,64,65,68)/t37-,38-,39-,40-/m1/s1. The molecule has 0 radical (unpaired) electrons. The Morgan fingerprint density at radius 3 is 1.09 bits per heavy atom. The third kappa shape index (κ3) is 23.1. The number of primary amides is 1. The molecule has 0 aliphatic heterocycles. The minimum Gasteiger partial charge on any atom is -0.496 e. The third-order valence-corrected chi connectivity index (χ3v) is 12.9. The highest BCUT2D eigenvalue weighted by Gasteiger charge is 2.29. The number of nitrogens with one attached hydrogen (secondary N) is 13. The number of ether oxygens (including phenoxy) is 4. The zero-order chi connectivity index (χ0) is 65.7. The third-order valence-electron chi connectivity index (χ3n) is 12.9. The Morgan fingerprint density at radius 1 is 0.461 bits per heavy atom. The summed E-state index contributed by atoms with van der Waals surface area (Å²) in [4.78, 5) is 121. The molecule has 0 fully saturated rings. The molecular weight excluding hydrogens is 1160 g/mol.